The fourth-order valence-electron chi connectivity index (χ4n) is 5.48. The van der Waals surface area contributed by atoms with Crippen molar-refractivity contribution in [2.75, 3.05) is 26.2 Å². The van der Waals surface area contributed by atoms with Crippen LogP contribution in [0.25, 0.3) is 5.76 Å². The van der Waals surface area contributed by atoms with Gasteiger partial charge in [-0.15, -0.1) is 10.2 Å². The van der Waals surface area contributed by atoms with Gasteiger partial charge < -0.3 is 24.1 Å². The average molecular weight is 696 g/mol. The van der Waals surface area contributed by atoms with E-state index in [1.165, 1.54) is 49.3 Å². The summed E-state index contributed by atoms with van der Waals surface area (Å²) in [6.45, 7) is 2.39. The fourth-order valence-corrected chi connectivity index (χ4v) is 7.30. The van der Waals surface area contributed by atoms with Gasteiger partial charge in [0, 0.05) is 11.3 Å². The van der Waals surface area contributed by atoms with E-state index in [1.54, 1.807) is 36.4 Å². The maximum Gasteiger partial charge on any atom is 0.301 e. The first-order valence-electron chi connectivity index (χ1n) is 15.2. The van der Waals surface area contributed by atoms with Crippen molar-refractivity contribution in [2.45, 2.75) is 29.7 Å². The van der Waals surface area contributed by atoms with E-state index in [1.807, 2.05) is 61.5 Å². The molecule has 0 spiro atoms. The highest BCUT2D eigenvalue weighted by molar-refractivity contribution is 8.00. The Balaban J connectivity index is 1.38. The molecule has 1 amide bonds. The van der Waals surface area contributed by atoms with Crippen molar-refractivity contribution in [3.63, 3.8) is 0 Å². The summed E-state index contributed by atoms with van der Waals surface area (Å²) < 4.78 is 23.3. The first-order valence-corrected chi connectivity index (χ1v) is 17.0. The Kier molecular flexibility index (Phi) is 10.2. The van der Waals surface area contributed by atoms with Crippen LogP contribution >= 0.6 is 23.1 Å². The SMILES string of the molecule is COc1cc(C2C(=C(O)c3ccc(OCc4ccccc4C)cc3)C(=O)C(=O)N2c2nnc(SCc3ccccc3)s2)cc(OC)c1OC. The Bertz CT molecular complexity index is 1990. The molecule has 6 rings (SSSR count). The lowest BCUT2D eigenvalue weighted by molar-refractivity contribution is -0.132. The molecule has 10 nitrogen and oxygen atoms in total. The number of carbonyl (C=O) groups is 2. The minimum absolute atomic E-state index is 0.124. The number of rotatable bonds is 12. The number of amides is 1. The molecule has 1 aliphatic heterocycles. The third-order valence-corrected chi connectivity index (χ3v) is 10.2. The van der Waals surface area contributed by atoms with Crippen LogP contribution in [0.3, 0.4) is 0 Å². The summed E-state index contributed by atoms with van der Waals surface area (Å²) in [6, 6.07) is 26.8. The average Bonchev–Trinajstić information content (AvgIpc) is 3.71. The van der Waals surface area contributed by atoms with Crippen LogP contribution in [-0.2, 0) is 21.9 Å². The van der Waals surface area contributed by atoms with Crippen molar-refractivity contribution >= 4 is 45.7 Å². The van der Waals surface area contributed by atoms with Crippen LogP contribution in [0, 0.1) is 6.92 Å². The van der Waals surface area contributed by atoms with Crippen molar-refractivity contribution in [3.8, 4) is 23.0 Å². The monoisotopic (exact) mass is 695 g/mol. The van der Waals surface area contributed by atoms with Gasteiger partial charge in [0.1, 0.15) is 18.1 Å². The van der Waals surface area contributed by atoms with Crippen molar-refractivity contribution in [2.24, 2.45) is 0 Å². The summed E-state index contributed by atoms with van der Waals surface area (Å²) >= 11 is 2.65. The number of hydrogen-bond acceptors (Lipinski definition) is 11. The predicted octanol–water partition coefficient (Wildman–Crippen LogP) is 7.37. The zero-order valence-electron chi connectivity index (χ0n) is 27.2. The van der Waals surface area contributed by atoms with E-state index in [9.17, 15) is 14.7 Å². The number of ketones is 1. The molecule has 1 unspecified atom stereocenters. The molecule has 49 heavy (non-hydrogen) atoms. The first-order chi connectivity index (χ1) is 23.8. The number of methoxy groups -OCH3 is 3. The van der Waals surface area contributed by atoms with Crippen LogP contribution < -0.4 is 23.8 Å². The number of aromatic nitrogens is 2. The largest absolute Gasteiger partial charge is 0.507 e. The van der Waals surface area contributed by atoms with Crippen molar-refractivity contribution < 1.29 is 33.6 Å². The molecule has 0 saturated carbocycles. The Hall–Kier alpha value is -5.33. The zero-order valence-corrected chi connectivity index (χ0v) is 28.8. The van der Waals surface area contributed by atoms with E-state index in [-0.39, 0.29) is 16.5 Å². The number of aryl methyl sites for hydroxylation is 1. The highest BCUT2D eigenvalue weighted by Gasteiger charge is 2.49. The standard InChI is InChI=1S/C37H33N3O7S2/c1-22-10-8-9-13-25(22)20-47-27-16-14-24(15-17-27)32(41)30-31(26-18-28(44-2)34(46-4)29(19-26)45-3)40(35(43)33(30)42)36-38-39-37(49-36)48-21-23-11-6-5-7-12-23/h5-19,31,41H,20-21H2,1-4H3. The van der Waals surface area contributed by atoms with E-state index < -0.39 is 17.7 Å². The van der Waals surface area contributed by atoms with E-state index >= 15 is 0 Å². The zero-order chi connectivity index (χ0) is 34.5. The molecule has 0 radical (unpaired) electrons. The molecule has 5 aromatic rings. The van der Waals surface area contributed by atoms with Gasteiger partial charge in [-0.2, -0.15) is 0 Å². The third-order valence-electron chi connectivity index (χ3n) is 8.04. The van der Waals surface area contributed by atoms with Crippen LogP contribution in [-0.4, -0.2) is 48.3 Å². The number of aliphatic hydroxyl groups excluding tert-OH is 1. The minimum Gasteiger partial charge on any atom is -0.507 e. The van der Waals surface area contributed by atoms with Gasteiger partial charge in [-0.3, -0.25) is 14.5 Å². The molecular weight excluding hydrogens is 663 g/mol. The topological polar surface area (TPSA) is 120 Å². The predicted molar refractivity (Wildman–Crippen MR) is 189 cm³/mol. The van der Waals surface area contributed by atoms with Crippen LogP contribution in [0.2, 0.25) is 0 Å². The molecule has 1 fully saturated rings. The van der Waals surface area contributed by atoms with E-state index in [4.69, 9.17) is 18.9 Å². The molecule has 0 bridgehead atoms. The van der Waals surface area contributed by atoms with Gasteiger partial charge in [0.15, 0.2) is 15.8 Å². The second-order valence-corrected chi connectivity index (χ2v) is 13.2. The fraction of sp³-hybridized carbons (Fsp3) is 0.189. The number of ether oxygens (including phenoxy) is 4. The number of thioether (sulfide) groups is 1. The number of nitrogens with zero attached hydrogens (tertiary/aromatic N) is 3. The smallest absolute Gasteiger partial charge is 0.301 e. The molecule has 4 aromatic carbocycles. The summed E-state index contributed by atoms with van der Waals surface area (Å²) in [7, 11) is 4.43. The Morgan fingerprint density at radius 1 is 0.878 bits per heavy atom. The van der Waals surface area contributed by atoms with Gasteiger partial charge in [0.2, 0.25) is 10.9 Å². The Morgan fingerprint density at radius 2 is 1.55 bits per heavy atom. The van der Waals surface area contributed by atoms with Gasteiger partial charge in [-0.05, 0) is 65.6 Å². The number of carbonyl (C=O) groups excluding carboxylic acids is 2. The van der Waals surface area contributed by atoms with Gasteiger partial charge in [0.05, 0.1) is 32.9 Å². The number of benzene rings is 4. The van der Waals surface area contributed by atoms with Crippen molar-refractivity contribution in [1.29, 1.82) is 0 Å². The number of Topliss-reactive ketones (excluding diaryl/α,β-unsaturated/α-hetero) is 1. The lowest BCUT2D eigenvalue weighted by Gasteiger charge is -2.24. The molecule has 1 N–H and O–H groups in total. The summed E-state index contributed by atoms with van der Waals surface area (Å²) in [5, 5.41) is 20.5. The third kappa shape index (κ3) is 6.96. The molecular formula is C37H33N3O7S2. The van der Waals surface area contributed by atoms with Gasteiger partial charge in [-0.25, -0.2) is 0 Å². The molecule has 1 aliphatic rings. The molecule has 12 heteroatoms. The van der Waals surface area contributed by atoms with E-state index in [0.29, 0.717) is 50.8 Å². The van der Waals surface area contributed by atoms with Crippen LogP contribution in [0.4, 0.5) is 5.13 Å². The maximum atomic E-state index is 13.8. The highest BCUT2D eigenvalue weighted by Crippen LogP contribution is 2.48. The lowest BCUT2D eigenvalue weighted by atomic mass is 9.94. The van der Waals surface area contributed by atoms with E-state index in [0.717, 1.165) is 16.7 Å². The number of anilines is 1. The summed E-state index contributed by atoms with van der Waals surface area (Å²) in [6.07, 6.45) is 0. The Morgan fingerprint density at radius 3 is 2.20 bits per heavy atom. The molecule has 250 valence electrons. The van der Waals surface area contributed by atoms with Crippen molar-refractivity contribution in [1.82, 2.24) is 10.2 Å². The number of hydrogen-bond donors (Lipinski definition) is 1. The first kappa shape index (κ1) is 33.6. The second-order valence-electron chi connectivity index (χ2n) is 11.0. The summed E-state index contributed by atoms with van der Waals surface area (Å²) in [5.74, 6) is 0.114. The van der Waals surface area contributed by atoms with E-state index in [2.05, 4.69) is 10.2 Å². The number of aliphatic hydroxyl groups is 1. The molecule has 1 atom stereocenters. The van der Waals surface area contributed by atoms with Gasteiger partial charge in [0.25, 0.3) is 5.78 Å². The molecule has 1 saturated heterocycles. The Labute approximate surface area is 291 Å². The maximum absolute atomic E-state index is 13.8. The normalized spacial score (nSPS) is 15.3. The quantitative estimate of drug-likeness (QED) is 0.0466. The lowest BCUT2D eigenvalue weighted by Crippen LogP contribution is -2.29. The van der Waals surface area contributed by atoms with Gasteiger partial charge in [-0.1, -0.05) is 77.7 Å². The van der Waals surface area contributed by atoms with Crippen LogP contribution in [0.15, 0.2) is 101 Å². The van der Waals surface area contributed by atoms with Crippen LogP contribution in [0.5, 0.6) is 23.0 Å². The summed E-state index contributed by atoms with van der Waals surface area (Å²) in [4.78, 5) is 28.9. The van der Waals surface area contributed by atoms with Crippen molar-refractivity contribution in [3.05, 3.63) is 124 Å². The minimum atomic E-state index is -1.09. The second kappa shape index (κ2) is 14.8. The van der Waals surface area contributed by atoms with Gasteiger partial charge >= 0.3 is 5.91 Å². The highest BCUT2D eigenvalue weighted by atomic mass is 32.2. The molecule has 2 heterocycles. The summed E-state index contributed by atoms with van der Waals surface area (Å²) in [5.41, 5.74) is 3.91. The molecule has 0 aliphatic carbocycles. The van der Waals surface area contributed by atoms with Crippen LogP contribution in [0.1, 0.15) is 33.9 Å². The molecule has 1 aromatic heterocycles.